The maximum absolute atomic E-state index is 10.9. The third-order valence-corrected chi connectivity index (χ3v) is 3.15. The Balaban J connectivity index is 2.02. The number of carboxylic acid groups (broad SMARTS) is 1. The van der Waals surface area contributed by atoms with Gasteiger partial charge in [0, 0.05) is 17.8 Å². The van der Waals surface area contributed by atoms with E-state index in [1.807, 2.05) is 6.92 Å². The number of aryl methyl sites for hydroxylation is 1. The molecule has 6 nitrogen and oxygen atoms in total. The molecule has 0 saturated heterocycles. The lowest BCUT2D eigenvalue weighted by atomic mass is 10.1. The first-order valence-electron chi connectivity index (χ1n) is 5.97. The molecule has 0 bridgehead atoms. The maximum atomic E-state index is 10.9. The average Bonchev–Trinajstić information content (AvgIpc) is 2.76. The van der Waals surface area contributed by atoms with E-state index in [4.69, 9.17) is 9.84 Å². The van der Waals surface area contributed by atoms with Gasteiger partial charge in [-0.2, -0.15) is 4.98 Å². The molecule has 2 rings (SSSR count). The number of ether oxygens (including phenoxy) is 1. The van der Waals surface area contributed by atoms with E-state index in [2.05, 4.69) is 15.3 Å². The van der Waals surface area contributed by atoms with Crippen LogP contribution in [-0.4, -0.2) is 34.2 Å². The second-order valence-electron chi connectivity index (χ2n) is 4.56. The highest BCUT2D eigenvalue weighted by atomic mass is 16.5. The van der Waals surface area contributed by atoms with Crippen molar-refractivity contribution in [2.75, 3.05) is 12.4 Å². The number of rotatable bonds is 4. The SMILES string of the molecule is COc1cc(C)nc(N[C@H]2CC[C@@H](C(=O)O)C2)n1. The normalized spacial score (nSPS) is 22.8. The maximum Gasteiger partial charge on any atom is 0.306 e. The lowest BCUT2D eigenvalue weighted by Gasteiger charge is -2.13. The predicted octanol–water partition coefficient (Wildman–Crippen LogP) is 1.46. The predicted molar refractivity (Wildman–Crippen MR) is 65.7 cm³/mol. The largest absolute Gasteiger partial charge is 0.481 e. The second-order valence-corrected chi connectivity index (χ2v) is 4.56. The van der Waals surface area contributed by atoms with Crippen LogP contribution in [-0.2, 0) is 4.79 Å². The summed E-state index contributed by atoms with van der Waals surface area (Å²) in [6.45, 7) is 1.87. The van der Waals surface area contributed by atoms with Gasteiger partial charge in [0.1, 0.15) is 0 Å². The Kier molecular flexibility index (Phi) is 3.64. The molecule has 0 radical (unpaired) electrons. The molecular formula is C12H17N3O3. The van der Waals surface area contributed by atoms with E-state index in [0.29, 0.717) is 24.7 Å². The van der Waals surface area contributed by atoms with Gasteiger partial charge in [-0.25, -0.2) is 4.98 Å². The summed E-state index contributed by atoms with van der Waals surface area (Å²) < 4.78 is 5.07. The van der Waals surface area contributed by atoms with E-state index >= 15 is 0 Å². The molecule has 18 heavy (non-hydrogen) atoms. The summed E-state index contributed by atoms with van der Waals surface area (Å²) in [6.07, 6.45) is 2.15. The quantitative estimate of drug-likeness (QED) is 0.842. The Labute approximate surface area is 105 Å². The van der Waals surface area contributed by atoms with E-state index in [0.717, 1.165) is 12.1 Å². The summed E-state index contributed by atoms with van der Waals surface area (Å²) in [7, 11) is 1.56. The fourth-order valence-corrected chi connectivity index (χ4v) is 2.23. The molecule has 0 spiro atoms. The molecule has 1 aromatic heterocycles. The van der Waals surface area contributed by atoms with Crippen LogP contribution in [0.25, 0.3) is 0 Å². The first kappa shape index (κ1) is 12.6. The lowest BCUT2D eigenvalue weighted by Crippen LogP contribution is -2.19. The summed E-state index contributed by atoms with van der Waals surface area (Å²) in [6, 6.07) is 1.87. The Hall–Kier alpha value is -1.85. The third-order valence-electron chi connectivity index (χ3n) is 3.15. The molecule has 1 aliphatic rings. The van der Waals surface area contributed by atoms with Crippen molar-refractivity contribution < 1.29 is 14.6 Å². The number of hydrogen-bond acceptors (Lipinski definition) is 5. The molecule has 0 aliphatic heterocycles. The van der Waals surface area contributed by atoms with Gasteiger partial charge < -0.3 is 15.2 Å². The summed E-state index contributed by atoms with van der Waals surface area (Å²) in [5.74, 6) is 0.0388. The van der Waals surface area contributed by atoms with Crippen molar-refractivity contribution in [3.8, 4) is 5.88 Å². The number of anilines is 1. The number of nitrogens with one attached hydrogen (secondary N) is 1. The van der Waals surface area contributed by atoms with Gasteiger partial charge in [0.25, 0.3) is 0 Å². The van der Waals surface area contributed by atoms with E-state index in [1.165, 1.54) is 0 Å². The molecule has 1 fully saturated rings. The van der Waals surface area contributed by atoms with Gasteiger partial charge in [0.05, 0.1) is 13.0 Å². The number of carbonyl (C=O) groups is 1. The highest BCUT2D eigenvalue weighted by molar-refractivity contribution is 5.70. The minimum atomic E-state index is -0.720. The average molecular weight is 251 g/mol. The van der Waals surface area contributed by atoms with E-state index in [1.54, 1.807) is 13.2 Å². The highest BCUT2D eigenvalue weighted by Gasteiger charge is 2.30. The molecule has 6 heteroatoms. The zero-order valence-corrected chi connectivity index (χ0v) is 10.5. The summed E-state index contributed by atoms with van der Waals surface area (Å²) in [5.41, 5.74) is 0.817. The van der Waals surface area contributed by atoms with Crippen LogP contribution in [0.4, 0.5) is 5.95 Å². The molecule has 1 heterocycles. The van der Waals surface area contributed by atoms with Crippen molar-refractivity contribution >= 4 is 11.9 Å². The smallest absolute Gasteiger partial charge is 0.306 e. The molecule has 2 atom stereocenters. The zero-order chi connectivity index (χ0) is 13.1. The van der Waals surface area contributed by atoms with Gasteiger partial charge in [-0.15, -0.1) is 0 Å². The number of aliphatic carboxylic acids is 1. The first-order chi connectivity index (χ1) is 8.58. The number of nitrogens with zero attached hydrogens (tertiary/aromatic N) is 2. The van der Waals surface area contributed by atoms with Crippen molar-refractivity contribution in [3.63, 3.8) is 0 Å². The Bertz CT molecular complexity index is 450. The molecule has 98 valence electrons. The van der Waals surface area contributed by atoms with Crippen LogP contribution in [0.15, 0.2) is 6.07 Å². The molecule has 0 amide bonds. The van der Waals surface area contributed by atoms with Crippen molar-refractivity contribution in [1.29, 1.82) is 0 Å². The van der Waals surface area contributed by atoms with Crippen LogP contribution < -0.4 is 10.1 Å². The van der Waals surface area contributed by atoms with Crippen molar-refractivity contribution in [1.82, 2.24) is 9.97 Å². The van der Waals surface area contributed by atoms with Gasteiger partial charge in [-0.1, -0.05) is 0 Å². The summed E-state index contributed by atoms with van der Waals surface area (Å²) >= 11 is 0. The monoisotopic (exact) mass is 251 g/mol. The third kappa shape index (κ3) is 2.88. The fraction of sp³-hybridized carbons (Fsp3) is 0.583. The number of carboxylic acids is 1. The molecule has 0 unspecified atom stereocenters. The fourth-order valence-electron chi connectivity index (χ4n) is 2.23. The minimum absolute atomic E-state index is 0.123. The molecule has 1 aliphatic carbocycles. The van der Waals surface area contributed by atoms with Crippen LogP contribution in [0, 0.1) is 12.8 Å². The van der Waals surface area contributed by atoms with Crippen LogP contribution in [0.1, 0.15) is 25.0 Å². The lowest BCUT2D eigenvalue weighted by molar-refractivity contribution is -0.141. The first-order valence-corrected chi connectivity index (χ1v) is 5.97. The standard InChI is InChI=1S/C12H17N3O3/c1-7-5-10(18-2)15-12(13-7)14-9-4-3-8(6-9)11(16)17/h5,8-9H,3-4,6H2,1-2H3,(H,16,17)(H,13,14,15)/t8-,9+/m1/s1. The topological polar surface area (TPSA) is 84.3 Å². The van der Waals surface area contributed by atoms with Crippen LogP contribution >= 0.6 is 0 Å². The van der Waals surface area contributed by atoms with Crippen LogP contribution in [0.2, 0.25) is 0 Å². The van der Waals surface area contributed by atoms with Gasteiger partial charge >= 0.3 is 5.97 Å². The molecular weight excluding hydrogens is 234 g/mol. The van der Waals surface area contributed by atoms with Crippen molar-refractivity contribution in [3.05, 3.63) is 11.8 Å². The molecule has 1 aromatic rings. The molecule has 1 saturated carbocycles. The molecule has 0 aromatic carbocycles. The second kappa shape index (κ2) is 5.20. The highest BCUT2D eigenvalue weighted by Crippen LogP contribution is 2.27. The van der Waals surface area contributed by atoms with Crippen molar-refractivity contribution in [2.24, 2.45) is 5.92 Å². The van der Waals surface area contributed by atoms with E-state index < -0.39 is 5.97 Å². The Morgan fingerprint density at radius 2 is 2.28 bits per heavy atom. The summed E-state index contributed by atoms with van der Waals surface area (Å²) in [4.78, 5) is 19.3. The number of aromatic nitrogens is 2. The van der Waals surface area contributed by atoms with Crippen molar-refractivity contribution in [2.45, 2.75) is 32.2 Å². The van der Waals surface area contributed by atoms with Gasteiger partial charge in [-0.3, -0.25) is 4.79 Å². The van der Waals surface area contributed by atoms with E-state index in [-0.39, 0.29) is 12.0 Å². The van der Waals surface area contributed by atoms with Crippen LogP contribution in [0.5, 0.6) is 5.88 Å². The van der Waals surface area contributed by atoms with Crippen LogP contribution in [0.3, 0.4) is 0 Å². The zero-order valence-electron chi connectivity index (χ0n) is 10.5. The Morgan fingerprint density at radius 1 is 1.50 bits per heavy atom. The summed E-state index contributed by atoms with van der Waals surface area (Å²) in [5, 5.41) is 12.1. The number of methoxy groups -OCH3 is 1. The Morgan fingerprint density at radius 3 is 2.89 bits per heavy atom. The van der Waals surface area contributed by atoms with Gasteiger partial charge in [0.15, 0.2) is 0 Å². The van der Waals surface area contributed by atoms with E-state index in [9.17, 15) is 4.79 Å². The van der Waals surface area contributed by atoms with Gasteiger partial charge in [0.2, 0.25) is 11.8 Å². The molecule has 2 N–H and O–H groups in total. The van der Waals surface area contributed by atoms with Gasteiger partial charge in [-0.05, 0) is 26.2 Å². The number of hydrogen-bond donors (Lipinski definition) is 2. The minimum Gasteiger partial charge on any atom is -0.481 e.